The molecule has 1 heterocycles. The lowest BCUT2D eigenvalue weighted by Crippen LogP contribution is -2.42. The van der Waals surface area contributed by atoms with E-state index in [2.05, 4.69) is 0 Å². The van der Waals surface area contributed by atoms with Gasteiger partial charge in [0.05, 0.1) is 12.5 Å². The first kappa shape index (κ1) is 17.2. The quantitative estimate of drug-likeness (QED) is 0.831. The molecule has 8 heteroatoms. The Morgan fingerprint density at radius 3 is 2.64 bits per heavy atom. The smallest absolute Gasteiger partial charge is 0.410 e. The highest BCUT2D eigenvalue weighted by Gasteiger charge is 2.34. The molecule has 0 aromatic heterocycles. The van der Waals surface area contributed by atoms with Crippen LogP contribution in [0.1, 0.15) is 23.6 Å². The van der Waals surface area contributed by atoms with E-state index in [0.29, 0.717) is 13.0 Å². The van der Waals surface area contributed by atoms with Crippen LogP contribution in [0.4, 0.5) is 4.79 Å². The second-order valence-electron chi connectivity index (χ2n) is 4.93. The molecule has 1 aromatic rings. The third-order valence-corrected chi connectivity index (χ3v) is 3.70. The molecule has 0 saturated heterocycles. The maximum Gasteiger partial charge on any atom is 0.410 e. The molecule has 1 N–H and O–H groups in total. The van der Waals surface area contributed by atoms with Crippen molar-refractivity contribution in [3.05, 3.63) is 35.4 Å². The van der Waals surface area contributed by atoms with Gasteiger partial charge in [0.2, 0.25) is 3.79 Å². The zero-order chi connectivity index (χ0) is 16.3. The predicted octanol–water partition coefficient (Wildman–Crippen LogP) is 3.57. The molecule has 0 fully saturated rings. The van der Waals surface area contributed by atoms with Crippen LogP contribution in [0.25, 0.3) is 0 Å². The number of amides is 1. The van der Waals surface area contributed by atoms with Crippen molar-refractivity contribution in [1.29, 1.82) is 0 Å². The van der Waals surface area contributed by atoms with Crippen molar-refractivity contribution in [2.75, 3.05) is 13.2 Å². The molecule has 1 aliphatic heterocycles. The number of ether oxygens (including phenoxy) is 1. The van der Waals surface area contributed by atoms with E-state index in [1.54, 1.807) is 0 Å². The molecule has 1 aliphatic rings. The highest BCUT2D eigenvalue weighted by atomic mass is 35.6. The van der Waals surface area contributed by atoms with E-state index in [0.717, 1.165) is 11.1 Å². The summed E-state index contributed by atoms with van der Waals surface area (Å²) in [6, 6.07) is 6.84. The Morgan fingerprint density at radius 2 is 2.00 bits per heavy atom. The van der Waals surface area contributed by atoms with E-state index in [-0.39, 0.29) is 6.42 Å². The van der Waals surface area contributed by atoms with Crippen LogP contribution in [0.2, 0.25) is 0 Å². The van der Waals surface area contributed by atoms with E-state index in [4.69, 9.17) is 44.6 Å². The van der Waals surface area contributed by atoms with Crippen molar-refractivity contribution in [3.8, 4) is 0 Å². The second-order valence-corrected chi connectivity index (χ2v) is 7.44. The maximum atomic E-state index is 12.2. The summed E-state index contributed by atoms with van der Waals surface area (Å²) in [5.41, 5.74) is 1.83. The Hall–Kier alpha value is -1.17. The summed E-state index contributed by atoms with van der Waals surface area (Å²) in [6.07, 6.45) is -0.276. The van der Waals surface area contributed by atoms with E-state index in [9.17, 15) is 9.59 Å². The first-order valence-corrected chi connectivity index (χ1v) is 7.71. The molecule has 1 aromatic carbocycles. The number of carboxylic acid groups (broad SMARTS) is 1. The third kappa shape index (κ3) is 4.41. The number of alkyl halides is 3. The molecule has 0 radical (unpaired) electrons. The number of benzene rings is 1. The van der Waals surface area contributed by atoms with Crippen molar-refractivity contribution >= 4 is 46.9 Å². The minimum absolute atomic E-state index is 0.208. The number of carbonyl (C=O) groups is 2. The van der Waals surface area contributed by atoms with Crippen molar-refractivity contribution in [2.24, 2.45) is 0 Å². The number of aliphatic carboxylic acids is 1. The lowest BCUT2D eigenvalue weighted by atomic mass is 9.91. The molecule has 0 bridgehead atoms. The number of carboxylic acids is 1. The van der Waals surface area contributed by atoms with E-state index in [1.807, 2.05) is 24.3 Å². The van der Waals surface area contributed by atoms with Gasteiger partial charge in [-0.2, -0.15) is 0 Å². The van der Waals surface area contributed by atoms with Crippen molar-refractivity contribution < 1.29 is 19.4 Å². The number of halogens is 3. The Labute approximate surface area is 142 Å². The molecule has 5 nitrogen and oxygen atoms in total. The van der Waals surface area contributed by atoms with E-state index >= 15 is 0 Å². The summed E-state index contributed by atoms with van der Waals surface area (Å²) in [4.78, 5) is 24.7. The Morgan fingerprint density at radius 1 is 1.32 bits per heavy atom. The largest absolute Gasteiger partial charge is 0.481 e. The molecule has 0 spiro atoms. The van der Waals surface area contributed by atoms with Crippen molar-refractivity contribution in [1.82, 2.24) is 4.90 Å². The van der Waals surface area contributed by atoms with Crippen molar-refractivity contribution in [3.63, 3.8) is 0 Å². The summed E-state index contributed by atoms with van der Waals surface area (Å²) in [7, 11) is 0. The van der Waals surface area contributed by atoms with Crippen LogP contribution in [0.15, 0.2) is 24.3 Å². The van der Waals surface area contributed by atoms with Gasteiger partial charge in [0.25, 0.3) is 0 Å². The zero-order valence-electron chi connectivity index (χ0n) is 11.5. The topological polar surface area (TPSA) is 66.8 Å². The lowest BCUT2D eigenvalue weighted by molar-refractivity contribution is -0.138. The first-order chi connectivity index (χ1) is 10.3. The number of carbonyl (C=O) groups excluding carboxylic acids is 1. The SMILES string of the molecule is O=C(O)CC1c2ccccc2CCN1C(=O)OCC(Cl)(Cl)Cl. The lowest BCUT2D eigenvalue weighted by Gasteiger charge is -2.36. The Bertz CT molecular complexity index is 573. The van der Waals surface area contributed by atoms with Crippen LogP contribution >= 0.6 is 34.8 Å². The molecule has 1 atom stereocenters. The predicted molar refractivity (Wildman–Crippen MR) is 83.5 cm³/mol. The fourth-order valence-electron chi connectivity index (χ4n) is 2.48. The van der Waals surface area contributed by atoms with Gasteiger partial charge in [0.15, 0.2) is 0 Å². The zero-order valence-corrected chi connectivity index (χ0v) is 13.7. The number of rotatable bonds is 3. The van der Waals surface area contributed by atoms with Crippen molar-refractivity contribution in [2.45, 2.75) is 22.7 Å². The molecule has 2 rings (SSSR count). The number of fused-ring (bicyclic) bond motifs is 1. The van der Waals surface area contributed by atoms with Gasteiger partial charge < -0.3 is 14.7 Å². The minimum atomic E-state index is -1.70. The summed E-state index contributed by atoms with van der Waals surface area (Å²) < 4.78 is 3.27. The summed E-state index contributed by atoms with van der Waals surface area (Å²) in [5.74, 6) is -0.999. The average molecular weight is 367 g/mol. The fourth-order valence-corrected chi connectivity index (χ4v) is 2.65. The van der Waals surface area contributed by atoms with Crippen LogP contribution in [0, 0.1) is 0 Å². The second kappa shape index (κ2) is 6.94. The van der Waals surface area contributed by atoms with Gasteiger partial charge in [-0.05, 0) is 17.5 Å². The van der Waals surface area contributed by atoms with Gasteiger partial charge in [-0.15, -0.1) is 0 Å². The van der Waals surface area contributed by atoms with Gasteiger partial charge in [0, 0.05) is 6.54 Å². The summed E-state index contributed by atoms with van der Waals surface area (Å²) in [6.45, 7) is -0.0396. The summed E-state index contributed by atoms with van der Waals surface area (Å²) >= 11 is 16.7. The van der Waals surface area contributed by atoms with Gasteiger partial charge in [-0.3, -0.25) is 4.79 Å². The van der Waals surface area contributed by atoms with E-state index in [1.165, 1.54) is 4.90 Å². The molecular weight excluding hydrogens is 353 g/mol. The number of hydrogen-bond acceptors (Lipinski definition) is 3. The summed E-state index contributed by atoms with van der Waals surface area (Å²) in [5, 5.41) is 9.11. The molecule has 120 valence electrons. The van der Waals surface area contributed by atoms with Crippen LogP contribution in [0.5, 0.6) is 0 Å². The molecule has 1 amide bonds. The molecular formula is C14H14Cl3NO4. The van der Waals surface area contributed by atoms with Crippen LogP contribution in [0.3, 0.4) is 0 Å². The maximum absolute atomic E-state index is 12.2. The van der Waals surface area contributed by atoms with Crippen LogP contribution in [-0.2, 0) is 16.0 Å². The third-order valence-electron chi connectivity index (χ3n) is 3.37. The highest BCUT2D eigenvalue weighted by Crippen LogP contribution is 2.33. The first-order valence-electron chi connectivity index (χ1n) is 6.57. The Kier molecular flexibility index (Phi) is 5.42. The highest BCUT2D eigenvalue weighted by molar-refractivity contribution is 6.67. The van der Waals surface area contributed by atoms with Crippen LogP contribution < -0.4 is 0 Å². The van der Waals surface area contributed by atoms with Gasteiger partial charge in [0.1, 0.15) is 6.61 Å². The molecule has 22 heavy (non-hydrogen) atoms. The standard InChI is InChI=1S/C14H14Cl3NO4/c15-14(16,17)8-22-13(21)18-6-5-9-3-1-2-4-10(9)11(18)7-12(19)20/h1-4,11H,5-8H2,(H,19,20). The fraction of sp³-hybridized carbons (Fsp3) is 0.429. The van der Waals surface area contributed by atoms with E-state index < -0.39 is 28.5 Å². The molecule has 0 saturated carbocycles. The monoisotopic (exact) mass is 365 g/mol. The van der Waals surface area contributed by atoms with Gasteiger partial charge in [-0.1, -0.05) is 59.1 Å². The molecule has 0 aliphatic carbocycles. The molecule has 1 unspecified atom stereocenters. The number of nitrogens with zero attached hydrogens (tertiary/aromatic N) is 1. The normalized spacial score (nSPS) is 17.8. The van der Waals surface area contributed by atoms with Gasteiger partial charge >= 0.3 is 12.1 Å². The van der Waals surface area contributed by atoms with Gasteiger partial charge in [-0.25, -0.2) is 4.79 Å². The Balaban J connectivity index is 2.19. The number of hydrogen-bond donors (Lipinski definition) is 1. The average Bonchev–Trinajstić information content (AvgIpc) is 2.44. The minimum Gasteiger partial charge on any atom is -0.481 e. The van der Waals surface area contributed by atoms with Crippen LogP contribution in [-0.4, -0.2) is 39.0 Å².